The van der Waals surface area contributed by atoms with Gasteiger partial charge in [-0.25, -0.2) is 0 Å². The maximum absolute atomic E-state index is 12.8. The van der Waals surface area contributed by atoms with E-state index in [4.69, 9.17) is 5.73 Å². The average molecular weight is 272 g/mol. The van der Waals surface area contributed by atoms with E-state index in [1.54, 1.807) is 0 Å². The first kappa shape index (κ1) is 13.5. The van der Waals surface area contributed by atoms with Gasteiger partial charge in [-0.2, -0.15) is 0 Å². The predicted octanol–water partition coefficient (Wildman–Crippen LogP) is 2.07. The Morgan fingerprint density at radius 1 is 1.42 bits per heavy atom. The van der Waals surface area contributed by atoms with E-state index in [0.717, 1.165) is 0 Å². The van der Waals surface area contributed by atoms with Crippen molar-refractivity contribution in [2.75, 3.05) is 5.32 Å². The van der Waals surface area contributed by atoms with Gasteiger partial charge < -0.3 is 20.5 Å². The van der Waals surface area contributed by atoms with Gasteiger partial charge in [-0.15, -0.1) is 8.78 Å². The van der Waals surface area contributed by atoms with Crippen molar-refractivity contribution in [1.29, 1.82) is 0 Å². The van der Waals surface area contributed by atoms with Crippen LogP contribution >= 0.6 is 0 Å². The second-order valence-corrected chi connectivity index (χ2v) is 4.25. The third kappa shape index (κ3) is 3.31. The van der Waals surface area contributed by atoms with Crippen molar-refractivity contribution in [1.82, 2.24) is 0 Å². The lowest BCUT2D eigenvalue weighted by Crippen LogP contribution is -2.26. The molecule has 19 heavy (non-hydrogen) atoms. The van der Waals surface area contributed by atoms with E-state index in [2.05, 4.69) is 14.8 Å². The highest BCUT2D eigenvalue weighted by atomic mass is 19.3. The zero-order valence-corrected chi connectivity index (χ0v) is 10.3. The van der Waals surface area contributed by atoms with Crippen LogP contribution in [0.15, 0.2) is 18.2 Å². The second-order valence-electron chi connectivity index (χ2n) is 4.25. The number of amides is 1. The molecule has 1 unspecified atom stereocenters. The van der Waals surface area contributed by atoms with Crippen molar-refractivity contribution in [2.45, 2.75) is 32.1 Å². The maximum Gasteiger partial charge on any atom is 0.586 e. The second kappa shape index (κ2) is 5.00. The maximum atomic E-state index is 12.8. The van der Waals surface area contributed by atoms with Crippen molar-refractivity contribution >= 4 is 11.6 Å². The summed E-state index contributed by atoms with van der Waals surface area (Å²) in [4.78, 5) is 11.6. The van der Waals surface area contributed by atoms with Gasteiger partial charge in [-0.05, 0) is 18.6 Å². The van der Waals surface area contributed by atoms with Crippen LogP contribution < -0.4 is 20.5 Å². The molecular formula is C12H14F2N2O3. The van der Waals surface area contributed by atoms with Gasteiger partial charge in [0.2, 0.25) is 5.91 Å². The van der Waals surface area contributed by atoms with Crippen molar-refractivity contribution < 1.29 is 23.0 Å². The zero-order chi connectivity index (χ0) is 14.0. The monoisotopic (exact) mass is 272 g/mol. The van der Waals surface area contributed by atoms with Crippen LogP contribution in [0.2, 0.25) is 0 Å². The lowest BCUT2D eigenvalue weighted by Gasteiger charge is -2.09. The minimum absolute atomic E-state index is 0.0618. The number of anilines is 1. The summed E-state index contributed by atoms with van der Waals surface area (Å²) >= 11 is 0. The molecule has 5 nitrogen and oxygen atoms in total. The third-order valence-corrected chi connectivity index (χ3v) is 2.66. The Morgan fingerprint density at radius 2 is 2.11 bits per heavy atom. The summed E-state index contributed by atoms with van der Waals surface area (Å²) in [6.07, 6.45) is -2.81. The van der Waals surface area contributed by atoms with Crippen molar-refractivity contribution in [3.8, 4) is 11.5 Å². The number of hydrogen-bond acceptors (Lipinski definition) is 4. The number of carbonyl (C=O) groups is 1. The molecule has 2 rings (SSSR count). The molecule has 7 heteroatoms. The van der Waals surface area contributed by atoms with Gasteiger partial charge in [-0.1, -0.05) is 6.92 Å². The van der Waals surface area contributed by atoms with Gasteiger partial charge in [0.15, 0.2) is 11.5 Å². The van der Waals surface area contributed by atoms with Gasteiger partial charge in [-0.3, -0.25) is 4.79 Å². The topological polar surface area (TPSA) is 73.6 Å². The standard InChI is InChI=1S/C12H14F2N2O3/c1-2-7(15)5-11(17)16-8-3-4-9-10(6-8)19-12(13,14)18-9/h3-4,6-7H,2,5,15H2,1H3,(H,16,17). The minimum Gasteiger partial charge on any atom is -0.395 e. The Hall–Kier alpha value is -1.89. The Labute approximate surface area is 108 Å². The Kier molecular flexibility index (Phi) is 3.57. The Balaban J connectivity index is 2.02. The lowest BCUT2D eigenvalue weighted by atomic mass is 10.1. The molecule has 0 saturated heterocycles. The number of halogens is 2. The quantitative estimate of drug-likeness (QED) is 0.880. The third-order valence-electron chi connectivity index (χ3n) is 2.66. The lowest BCUT2D eigenvalue weighted by molar-refractivity contribution is -0.286. The van der Waals surface area contributed by atoms with Gasteiger partial charge in [0.05, 0.1) is 0 Å². The summed E-state index contributed by atoms with van der Waals surface area (Å²) in [6.45, 7) is 1.88. The first-order chi connectivity index (χ1) is 8.89. The summed E-state index contributed by atoms with van der Waals surface area (Å²) in [5.41, 5.74) is 6.00. The molecule has 1 aromatic rings. The number of fused-ring (bicyclic) bond motifs is 1. The number of hydrogen-bond donors (Lipinski definition) is 2. The molecule has 1 aromatic carbocycles. The molecule has 1 amide bonds. The highest BCUT2D eigenvalue weighted by Crippen LogP contribution is 2.42. The van der Waals surface area contributed by atoms with Gasteiger partial charge in [0.1, 0.15) is 0 Å². The number of ether oxygens (including phenoxy) is 2. The average Bonchev–Trinajstić information content (AvgIpc) is 2.61. The fourth-order valence-corrected chi connectivity index (χ4v) is 1.62. The van der Waals surface area contributed by atoms with Crippen LogP contribution in [-0.4, -0.2) is 18.2 Å². The van der Waals surface area contributed by atoms with Gasteiger partial charge >= 0.3 is 6.29 Å². The minimum atomic E-state index is -3.66. The number of carbonyl (C=O) groups excluding carboxylic acids is 1. The van der Waals surface area contributed by atoms with Crippen LogP contribution in [0.1, 0.15) is 19.8 Å². The number of nitrogens with two attached hydrogens (primary N) is 1. The van der Waals surface area contributed by atoms with Crippen LogP contribution in [0.25, 0.3) is 0 Å². The van der Waals surface area contributed by atoms with E-state index in [1.807, 2.05) is 6.92 Å². The number of rotatable bonds is 4. The number of alkyl halides is 2. The van der Waals surface area contributed by atoms with Gasteiger partial charge in [0, 0.05) is 24.2 Å². The molecule has 0 fully saturated rings. The Bertz CT molecular complexity index is 494. The van der Waals surface area contributed by atoms with E-state index >= 15 is 0 Å². The molecule has 1 heterocycles. The fourth-order valence-electron chi connectivity index (χ4n) is 1.62. The summed E-state index contributed by atoms with van der Waals surface area (Å²) < 4.78 is 34.1. The normalized spacial score (nSPS) is 17.1. The molecule has 0 aliphatic carbocycles. The van der Waals surface area contributed by atoms with E-state index in [0.29, 0.717) is 12.1 Å². The van der Waals surface area contributed by atoms with E-state index in [-0.39, 0.29) is 29.9 Å². The molecule has 3 N–H and O–H groups in total. The predicted molar refractivity (Wildman–Crippen MR) is 64.2 cm³/mol. The van der Waals surface area contributed by atoms with Crippen LogP contribution in [0.5, 0.6) is 11.5 Å². The molecule has 1 atom stereocenters. The largest absolute Gasteiger partial charge is 0.586 e. The molecule has 104 valence electrons. The van der Waals surface area contributed by atoms with Crippen LogP contribution in [0.4, 0.5) is 14.5 Å². The SMILES string of the molecule is CCC(N)CC(=O)Nc1ccc2c(c1)OC(F)(F)O2. The zero-order valence-electron chi connectivity index (χ0n) is 10.3. The van der Waals surface area contributed by atoms with E-state index in [1.165, 1.54) is 18.2 Å². The Morgan fingerprint density at radius 3 is 2.79 bits per heavy atom. The molecule has 1 aliphatic heterocycles. The molecular weight excluding hydrogens is 258 g/mol. The summed E-state index contributed by atoms with van der Waals surface area (Å²) in [6, 6.07) is 3.83. The molecule has 0 aromatic heterocycles. The van der Waals surface area contributed by atoms with Crippen molar-refractivity contribution in [3.05, 3.63) is 18.2 Å². The summed E-state index contributed by atoms with van der Waals surface area (Å²) in [5, 5.41) is 2.56. The first-order valence-electron chi connectivity index (χ1n) is 5.85. The highest BCUT2D eigenvalue weighted by molar-refractivity contribution is 5.91. The molecule has 1 aliphatic rings. The number of nitrogens with one attached hydrogen (secondary N) is 1. The van der Waals surface area contributed by atoms with Gasteiger partial charge in [0.25, 0.3) is 0 Å². The number of benzene rings is 1. The van der Waals surface area contributed by atoms with Crippen LogP contribution in [-0.2, 0) is 4.79 Å². The molecule has 0 radical (unpaired) electrons. The first-order valence-corrected chi connectivity index (χ1v) is 5.85. The van der Waals surface area contributed by atoms with Crippen LogP contribution in [0, 0.1) is 0 Å². The highest BCUT2D eigenvalue weighted by Gasteiger charge is 2.43. The van der Waals surface area contributed by atoms with Crippen molar-refractivity contribution in [3.63, 3.8) is 0 Å². The fraction of sp³-hybridized carbons (Fsp3) is 0.417. The molecule has 0 spiro atoms. The molecule has 0 bridgehead atoms. The smallest absolute Gasteiger partial charge is 0.395 e. The summed E-state index contributed by atoms with van der Waals surface area (Å²) in [5.74, 6) is -0.448. The van der Waals surface area contributed by atoms with Crippen molar-refractivity contribution in [2.24, 2.45) is 5.73 Å². The van der Waals surface area contributed by atoms with Crippen LogP contribution in [0.3, 0.4) is 0 Å². The molecule has 0 saturated carbocycles. The van der Waals surface area contributed by atoms with E-state index < -0.39 is 6.29 Å². The van der Waals surface area contributed by atoms with E-state index in [9.17, 15) is 13.6 Å². The summed E-state index contributed by atoms with van der Waals surface area (Å²) in [7, 11) is 0.